The molecule has 2 heterocycles. The maximum Gasteiger partial charge on any atom is 0.321 e. The van der Waals surface area contributed by atoms with Crippen LogP contribution in [0.2, 0.25) is 0 Å². The first-order chi connectivity index (χ1) is 11.9. The summed E-state index contributed by atoms with van der Waals surface area (Å²) in [5.74, 6) is 0.921. The molecule has 1 aromatic rings. The maximum atomic E-state index is 12.4. The second-order valence-electron chi connectivity index (χ2n) is 7.04. The molecule has 1 saturated heterocycles. The number of nitrogens with zero attached hydrogens (tertiary/aromatic N) is 3. The van der Waals surface area contributed by atoms with Gasteiger partial charge in [0, 0.05) is 33.3 Å². The molecule has 0 spiro atoms. The molecule has 1 aromatic heterocycles. The lowest BCUT2D eigenvalue weighted by molar-refractivity contribution is -0.134. The van der Waals surface area contributed by atoms with Crippen LogP contribution in [0, 0.1) is 11.8 Å². The predicted octanol–water partition coefficient (Wildman–Crippen LogP) is 2.45. The van der Waals surface area contributed by atoms with Gasteiger partial charge in [0.05, 0.1) is 24.4 Å². The Bertz CT molecular complexity index is 586. The summed E-state index contributed by atoms with van der Waals surface area (Å²) in [6.07, 6.45) is 3.24. The molecule has 1 fully saturated rings. The fourth-order valence-corrected chi connectivity index (χ4v) is 2.72. The molecule has 0 bridgehead atoms. The van der Waals surface area contributed by atoms with Crippen LogP contribution in [-0.2, 0) is 4.79 Å². The Kier molecular flexibility index (Phi) is 6.61. The van der Waals surface area contributed by atoms with Crippen molar-refractivity contribution in [3.63, 3.8) is 0 Å². The molecular formula is C18H28N4O3. The Morgan fingerprint density at radius 3 is 2.76 bits per heavy atom. The minimum Gasteiger partial charge on any atom is -0.477 e. The topological polar surface area (TPSA) is 74.8 Å². The van der Waals surface area contributed by atoms with Crippen LogP contribution < -0.4 is 10.1 Å². The molecule has 1 atom stereocenters. The molecule has 0 saturated carbocycles. The van der Waals surface area contributed by atoms with E-state index in [0.717, 1.165) is 12.8 Å². The smallest absolute Gasteiger partial charge is 0.321 e. The summed E-state index contributed by atoms with van der Waals surface area (Å²) in [7, 11) is 3.49. The number of anilines is 1. The average Bonchev–Trinajstić information content (AvgIpc) is 2.60. The van der Waals surface area contributed by atoms with Gasteiger partial charge in [-0.25, -0.2) is 9.78 Å². The number of likely N-dealkylation sites (tertiary alicyclic amines) is 1. The number of carbonyl (C=O) groups excluding carboxylic acids is 2. The Labute approximate surface area is 149 Å². The van der Waals surface area contributed by atoms with Crippen molar-refractivity contribution in [2.45, 2.75) is 26.7 Å². The molecule has 7 nitrogen and oxygen atoms in total. The lowest BCUT2D eigenvalue weighted by Crippen LogP contribution is -2.46. The third-order valence-corrected chi connectivity index (χ3v) is 4.05. The highest BCUT2D eigenvalue weighted by atomic mass is 16.5. The Balaban J connectivity index is 1.89. The zero-order valence-electron chi connectivity index (χ0n) is 15.5. The second kappa shape index (κ2) is 8.69. The molecule has 1 unspecified atom stereocenters. The van der Waals surface area contributed by atoms with E-state index >= 15 is 0 Å². The number of amides is 3. The van der Waals surface area contributed by atoms with Crippen LogP contribution in [0.4, 0.5) is 10.5 Å². The van der Waals surface area contributed by atoms with Crippen LogP contribution in [0.15, 0.2) is 18.3 Å². The number of carbonyl (C=O) groups is 2. The maximum absolute atomic E-state index is 12.4. The van der Waals surface area contributed by atoms with Gasteiger partial charge in [0.15, 0.2) is 0 Å². The molecule has 1 aliphatic heterocycles. The van der Waals surface area contributed by atoms with Crippen LogP contribution in [0.25, 0.3) is 0 Å². The number of urea groups is 1. The van der Waals surface area contributed by atoms with Gasteiger partial charge in [-0.15, -0.1) is 0 Å². The van der Waals surface area contributed by atoms with Crippen molar-refractivity contribution in [2.75, 3.05) is 39.1 Å². The Morgan fingerprint density at radius 2 is 2.16 bits per heavy atom. The fraction of sp³-hybridized carbons (Fsp3) is 0.611. The largest absolute Gasteiger partial charge is 0.477 e. The number of nitrogens with one attached hydrogen (secondary N) is 1. The van der Waals surface area contributed by atoms with E-state index in [1.165, 1.54) is 0 Å². The van der Waals surface area contributed by atoms with Crippen molar-refractivity contribution in [2.24, 2.45) is 11.8 Å². The summed E-state index contributed by atoms with van der Waals surface area (Å²) in [5, 5.41) is 2.84. The van der Waals surface area contributed by atoms with Crippen LogP contribution in [-0.4, -0.2) is 60.5 Å². The first-order valence-corrected chi connectivity index (χ1v) is 8.72. The molecule has 7 heteroatoms. The quantitative estimate of drug-likeness (QED) is 0.887. The van der Waals surface area contributed by atoms with E-state index < -0.39 is 0 Å². The number of piperidine rings is 1. The minimum absolute atomic E-state index is 0.0748. The van der Waals surface area contributed by atoms with Crippen molar-refractivity contribution in [1.82, 2.24) is 14.8 Å². The van der Waals surface area contributed by atoms with E-state index in [4.69, 9.17) is 4.74 Å². The van der Waals surface area contributed by atoms with Gasteiger partial charge < -0.3 is 19.9 Å². The van der Waals surface area contributed by atoms with E-state index in [1.54, 1.807) is 42.2 Å². The summed E-state index contributed by atoms with van der Waals surface area (Å²) in [5.41, 5.74) is 0.614. The summed E-state index contributed by atoms with van der Waals surface area (Å²) < 4.78 is 5.53. The van der Waals surface area contributed by atoms with Crippen molar-refractivity contribution < 1.29 is 14.3 Å². The van der Waals surface area contributed by atoms with E-state index in [9.17, 15) is 9.59 Å². The van der Waals surface area contributed by atoms with Crippen molar-refractivity contribution in [1.29, 1.82) is 0 Å². The zero-order valence-corrected chi connectivity index (χ0v) is 15.5. The van der Waals surface area contributed by atoms with Crippen LogP contribution in [0.3, 0.4) is 0 Å². The number of hydrogen-bond acceptors (Lipinski definition) is 4. The normalized spacial score (nSPS) is 17.3. The summed E-state index contributed by atoms with van der Waals surface area (Å²) in [6.45, 7) is 5.86. The Hall–Kier alpha value is -2.31. The summed E-state index contributed by atoms with van der Waals surface area (Å²) in [4.78, 5) is 32.0. The molecule has 25 heavy (non-hydrogen) atoms. The molecule has 0 aliphatic carbocycles. The molecule has 0 aromatic carbocycles. The van der Waals surface area contributed by atoms with Gasteiger partial charge in [-0.1, -0.05) is 13.8 Å². The molecule has 1 N–H and O–H groups in total. The van der Waals surface area contributed by atoms with Gasteiger partial charge in [0.25, 0.3) is 0 Å². The van der Waals surface area contributed by atoms with Gasteiger partial charge in [-0.2, -0.15) is 0 Å². The van der Waals surface area contributed by atoms with Crippen molar-refractivity contribution in [3.05, 3.63) is 18.3 Å². The predicted molar refractivity (Wildman–Crippen MR) is 96.6 cm³/mol. The molecule has 2 rings (SSSR count). The van der Waals surface area contributed by atoms with Crippen LogP contribution >= 0.6 is 0 Å². The molecule has 1 aliphatic rings. The third kappa shape index (κ3) is 5.62. The lowest BCUT2D eigenvalue weighted by Gasteiger charge is -2.33. The first-order valence-electron chi connectivity index (χ1n) is 8.72. The molecule has 3 amide bonds. The molecule has 0 radical (unpaired) electrons. The van der Waals surface area contributed by atoms with Gasteiger partial charge in [0.1, 0.15) is 0 Å². The number of hydrogen-bond donors (Lipinski definition) is 1. The number of rotatable bonds is 5. The SMILES string of the molecule is CC(C)COc1ccc(NC(=O)N2CCCC(C(=O)N(C)C)C2)cn1. The highest BCUT2D eigenvalue weighted by molar-refractivity contribution is 5.90. The highest BCUT2D eigenvalue weighted by Crippen LogP contribution is 2.20. The van der Waals surface area contributed by atoms with Crippen molar-refractivity contribution >= 4 is 17.6 Å². The second-order valence-corrected chi connectivity index (χ2v) is 7.04. The van der Waals surface area contributed by atoms with Gasteiger partial charge >= 0.3 is 6.03 Å². The standard InChI is InChI=1S/C18H28N4O3/c1-13(2)12-25-16-8-7-15(10-19-16)20-18(24)22-9-5-6-14(11-22)17(23)21(3)4/h7-8,10,13-14H,5-6,9,11-12H2,1-4H3,(H,20,24). The minimum atomic E-state index is -0.200. The Morgan fingerprint density at radius 1 is 1.40 bits per heavy atom. The zero-order chi connectivity index (χ0) is 18.4. The van der Waals surface area contributed by atoms with Crippen LogP contribution in [0.5, 0.6) is 5.88 Å². The monoisotopic (exact) mass is 348 g/mol. The van der Waals surface area contributed by atoms with E-state index in [0.29, 0.717) is 37.2 Å². The summed E-state index contributed by atoms with van der Waals surface area (Å²) >= 11 is 0. The van der Waals surface area contributed by atoms with Crippen LogP contribution in [0.1, 0.15) is 26.7 Å². The highest BCUT2D eigenvalue weighted by Gasteiger charge is 2.29. The summed E-state index contributed by atoms with van der Waals surface area (Å²) in [6, 6.07) is 3.31. The van der Waals surface area contributed by atoms with E-state index in [1.807, 2.05) is 0 Å². The number of aromatic nitrogens is 1. The van der Waals surface area contributed by atoms with Gasteiger partial charge in [-0.05, 0) is 24.8 Å². The lowest BCUT2D eigenvalue weighted by atomic mass is 9.97. The van der Waals surface area contributed by atoms with Crippen molar-refractivity contribution in [3.8, 4) is 5.88 Å². The first kappa shape index (κ1) is 19.0. The number of ether oxygens (including phenoxy) is 1. The van der Waals surface area contributed by atoms with E-state index in [2.05, 4.69) is 24.1 Å². The molecule has 138 valence electrons. The number of pyridine rings is 1. The van der Waals surface area contributed by atoms with E-state index in [-0.39, 0.29) is 17.9 Å². The molecular weight excluding hydrogens is 320 g/mol. The van der Waals surface area contributed by atoms with Gasteiger partial charge in [0.2, 0.25) is 11.8 Å². The fourth-order valence-electron chi connectivity index (χ4n) is 2.72. The van der Waals surface area contributed by atoms with Gasteiger partial charge in [-0.3, -0.25) is 4.79 Å². The third-order valence-electron chi connectivity index (χ3n) is 4.05. The average molecular weight is 348 g/mol.